The molecule has 2 amide bonds. The van der Waals surface area contributed by atoms with Gasteiger partial charge in [0.15, 0.2) is 0 Å². The van der Waals surface area contributed by atoms with Crippen LogP contribution in [0, 0.1) is 0 Å². The molecule has 9 heteroatoms. The molecule has 7 nitrogen and oxygen atoms in total. The number of amides is 2. The summed E-state index contributed by atoms with van der Waals surface area (Å²) in [6.07, 6.45) is 2.95. The van der Waals surface area contributed by atoms with Crippen molar-refractivity contribution >= 4 is 45.9 Å². The number of rotatable bonds is 3. The van der Waals surface area contributed by atoms with E-state index in [1.54, 1.807) is 4.90 Å². The number of nitrogens with zero attached hydrogens (tertiary/aromatic N) is 3. The molecule has 0 radical (unpaired) electrons. The van der Waals surface area contributed by atoms with Crippen LogP contribution in [0.2, 0.25) is 10.0 Å². The van der Waals surface area contributed by atoms with Crippen LogP contribution in [0.15, 0.2) is 23.3 Å². The van der Waals surface area contributed by atoms with Gasteiger partial charge in [-0.2, -0.15) is 0 Å². The number of benzene rings is 1. The highest BCUT2D eigenvalue weighted by Crippen LogP contribution is 2.24. The first-order valence-electron chi connectivity index (χ1n) is 8.24. The van der Waals surface area contributed by atoms with Gasteiger partial charge in [-0.3, -0.25) is 19.0 Å². The average molecular weight is 397 g/mol. The summed E-state index contributed by atoms with van der Waals surface area (Å²) in [5.41, 5.74) is -0.0170. The minimum atomic E-state index is -0.372. The Morgan fingerprint density at radius 2 is 2.12 bits per heavy atom. The second kappa shape index (κ2) is 7.63. The molecule has 1 aliphatic rings. The smallest absolute Gasteiger partial charge is 0.261 e. The summed E-state index contributed by atoms with van der Waals surface area (Å²) < 4.78 is 1.25. The monoisotopic (exact) mass is 396 g/mol. The van der Waals surface area contributed by atoms with E-state index in [9.17, 15) is 14.4 Å². The third-order valence-electron chi connectivity index (χ3n) is 4.33. The molecule has 1 N–H and O–H groups in total. The van der Waals surface area contributed by atoms with Crippen molar-refractivity contribution in [1.82, 2.24) is 19.8 Å². The largest absolute Gasteiger partial charge is 0.352 e. The molecule has 0 spiro atoms. The molecule has 1 aromatic heterocycles. The van der Waals surface area contributed by atoms with Crippen molar-refractivity contribution in [3.05, 3.63) is 38.9 Å². The van der Waals surface area contributed by atoms with Gasteiger partial charge >= 0.3 is 0 Å². The van der Waals surface area contributed by atoms with Crippen LogP contribution in [0.5, 0.6) is 0 Å². The summed E-state index contributed by atoms with van der Waals surface area (Å²) in [6, 6.07) is 2.95. The van der Waals surface area contributed by atoms with E-state index in [1.165, 1.54) is 30.0 Å². The number of carbonyl (C=O) groups excluding carboxylic acids is 2. The van der Waals surface area contributed by atoms with Gasteiger partial charge in [0.05, 0.1) is 22.3 Å². The maximum absolute atomic E-state index is 12.6. The molecule has 0 saturated carbocycles. The average Bonchev–Trinajstić information content (AvgIpc) is 2.57. The normalized spacial score (nSPS) is 17.3. The molecule has 2 heterocycles. The molecule has 1 saturated heterocycles. The van der Waals surface area contributed by atoms with Crippen LogP contribution < -0.4 is 10.9 Å². The summed E-state index contributed by atoms with van der Waals surface area (Å²) in [6.45, 7) is 2.37. The number of fused-ring (bicyclic) bond motifs is 1. The van der Waals surface area contributed by atoms with Gasteiger partial charge in [-0.25, -0.2) is 4.98 Å². The third kappa shape index (κ3) is 3.99. The molecule has 0 bridgehead atoms. The van der Waals surface area contributed by atoms with E-state index < -0.39 is 0 Å². The Bertz CT molecular complexity index is 928. The number of hydrogen-bond acceptors (Lipinski definition) is 4. The van der Waals surface area contributed by atoms with Crippen molar-refractivity contribution in [2.45, 2.75) is 32.4 Å². The lowest BCUT2D eigenvalue weighted by molar-refractivity contribution is -0.134. The van der Waals surface area contributed by atoms with Gasteiger partial charge in [0.25, 0.3) is 5.56 Å². The van der Waals surface area contributed by atoms with Crippen LogP contribution >= 0.6 is 23.2 Å². The Balaban J connectivity index is 1.80. The number of hydrogen-bond donors (Lipinski definition) is 1. The zero-order chi connectivity index (χ0) is 18.8. The van der Waals surface area contributed by atoms with Crippen molar-refractivity contribution in [3.63, 3.8) is 0 Å². The highest BCUT2D eigenvalue weighted by Gasteiger charge is 2.24. The minimum absolute atomic E-state index is 0.0609. The van der Waals surface area contributed by atoms with Crippen LogP contribution in [0.3, 0.4) is 0 Å². The van der Waals surface area contributed by atoms with E-state index in [2.05, 4.69) is 10.3 Å². The summed E-state index contributed by atoms with van der Waals surface area (Å²) in [4.78, 5) is 42.3. The van der Waals surface area contributed by atoms with E-state index >= 15 is 0 Å². The number of aromatic nitrogens is 2. The second-order valence-electron chi connectivity index (χ2n) is 6.34. The summed E-state index contributed by atoms with van der Waals surface area (Å²) in [7, 11) is 0. The molecule has 26 heavy (non-hydrogen) atoms. The van der Waals surface area contributed by atoms with Gasteiger partial charge in [0.2, 0.25) is 11.8 Å². The third-order valence-corrected chi connectivity index (χ3v) is 4.84. The summed E-state index contributed by atoms with van der Waals surface area (Å²) in [5.74, 6) is -0.315. The molecule has 1 fully saturated rings. The maximum Gasteiger partial charge on any atom is 0.261 e. The molecule has 0 aliphatic carbocycles. The first-order chi connectivity index (χ1) is 12.3. The predicted octanol–water partition coefficient (Wildman–Crippen LogP) is 1.83. The number of carbonyl (C=O) groups is 2. The first-order valence-corrected chi connectivity index (χ1v) is 9.00. The fourth-order valence-corrected chi connectivity index (χ4v) is 3.70. The quantitative estimate of drug-likeness (QED) is 0.857. The Morgan fingerprint density at radius 3 is 2.85 bits per heavy atom. The Morgan fingerprint density at radius 1 is 1.35 bits per heavy atom. The van der Waals surface area contributed by atoms with Gasteiger partial charge in [-0.05, 0) is 25.0 Å². The fourth-order valence-electron chi connectivity index (χ4n) is 3.16. The van der Waals surface area contributed by atoms with Crippen LogP contribution in [0.4, 0.5) is 0 Å². The predicted molar refractivity (Wildman–Crippen MR) is 99.4 cm³/mol. The van der Waals surface area contributed by atoms with Crippen molar-refractivity contribution in [3.8, 4) is 0 Å². The number of piperidine rings is 1. The van der Waals surface area contributed by atoms with Gasteiger partial charge in [0, 0.05) is 31.1 Å². The Hall–Kier alpha value is -2.12. The highest BCUT2D eigenvalue weighted by molar-refractivity contribution is 6.38. The number of nitrogens with one attached hydrogen (secondary N) is 1. The SMILES string of the molecule is CC(=O)NC1CCCN(C(=O)Cn2cnc3c(Cl)cc(Cl)cc3c2=O)C1. The van der Waals surface area contributed by atoms with Crippen LogP contribution in [0.1, 0.15) is 19.8 Å². The maximum atomic E-state index is 12.6. The zero-order valence-corrected chi connectivity index (χ0v) is 15.7. The Labute approximate surface area is 159 Å². The standard InChI is InChI=1S/C17H18Cl2N4O3/c1-10(24)21-12-3-2-4-22(7-12)15(25)8-23-9-20-16-13(17(23)26)5-11(18)6-14(16)19/h5-6,9,12H,2-4,7-8H2,1H3,(H,21,24). The van der Waals surface area contributed by atoms with Gasteiger partial charge in [0.1, 0.15) is 6.54 Å². The first kappa shape index (κ1) is 18.7. The molecule has 1 unspecified atom stereocenters. The molecule has 1 aromatic carbocycles. The van der Waals surface area contributed by atoms with Crippen molar-refractivity contribution in [2.24, 2.45) is 0 Å². The molecule has 1 aliphatic heterocycles. The lowest BCUT2D eigenvalue weighted by atomic mass is 10.1. The molecular formula is C17H18Cl2N4O3. The number of likely N-dealkylation sites (tertiary alicyclic amines) is 1. The van der Waals surface area contributed by atoms with E-state index in [0.29, 0.717) is 23.6 Å². The highest BCUT2D eigenvalue weighted by atomic mass is 35.5. The summed E-state index contributed by atoms with van der Waals surface area (Å²) in [5, 5.41) is 3.73. The fraction of sp³-hybridized carbons (Fsp3) is 0.412. The molecule has 138 valence electrons. The van der Waals surface area contributed by atoms with Crippen LogP contribution in [-0.2, 0) is 16.1 Å². The molecule has 3 rings (SSSR count). The topological polar surface area (TPSA) is 84.3 Å². The van der Waals surface area contributed by atoms with Crippen LogP contribution in [0.25, 0.3) is 10.9 Å². The minimum Gasteiger partial charge on any atom is -0.352 e. The number of halogens is 2. The van der Waals surface area contributed by atoms with E-state index in [0.717, 1.165) is 12.8 Å². The summed E-state index contributed by atoms with van der Waals surface area (Å²) >= 11 is 12.0. The lowest BCUT2D eigenvalue weighted by Crippen LogP contribution is -2.50. The lowest BCUT2D eigenvalue weighted by Gasteiger charge is -2.33. The van der Waals surface area contributed by atoms with E-state index in [4.69, 9.17) is 23.2 Å². The van der Waals surface area contributed by atoms with Crippen molar-refractivity contribution in [1.29, 1.82) is 0 Å². The molecule has 1 atom stereocenters. The molecule has 2 aromatic rings. The van der Waals surface area contributed by atoms with E-state index in [1.807, 2.05) is 0 Å². The van der Waals surface area contributed by atoms with E-state index in [-0.39, 0.29) is 40.4 Å². The van der Waals surface area contributed by atoms with Gasteiger partial charge in [-0.1, -0.05) is 23.2 Å². The van der Waals surface area contributed by atoms with Crippen molar-refractivity contribution in [2.75, 3.05) is 13.1 Å². The Kier molecular flexibility index (Phi) is 5.48. The second-order valence-corrected chi connectivity index (χ2v) is 7.18. The molecular weight excluding hydrogens is 379 g/mol. The van der Waals surface area contributed by atoms with Crippen molar-refractivity contribution < 1.29 is 9.59 Å². The van der Waals surface area contributed by atoms with Gasteiger partial charge < -0.3 is 10.2 Å². The van der Waals surface area contributed by atoms with Crippen LogP contribution in [-0.4, -0.2) is 45.4 Å². The zero-order valence-electron chi connectivity index (χ0n) is 14.2. The van der Waals surface area contributed by atoms with Gasteiger partial charge in [-0.15, -0.1) is 0 Å².